The van der Waals surface area contributed by atoms with E-state index >= 15 is 0 Å². The van der Waals surface area contributed by atoms with Gasteiger partial charge in [-0.15, -0.1) is 0 Å². The first kappa shape index (κ1) is 13.4. The van der Waals surface area contributed by atoms with Crippen LogP contribution >= 0.6 is 11.6 Å². The van der Waals surface area contributed by atoms with Gasteiger partial charge in [0.15, 0.2) is 0 Å². The smallest absolute Gasteiger partial charge is 0.255 e. The molecule has 18 heavy (non-hydrogen) atoms. The molecule has 2 N–H and O–H groups in total. The van der Waals surface area contributed by atoms with Crippen LogP contribution in [0.2, 0.25) is 5.02 Å². The van der Waals surface area contributed by atoms with E-state index in [9.17, 15) is 4.79 Å². The Labute approximate surface area is 113 Å². The van der Waals surface area contributed by atoms with Gasteiger partial charge in [0, 0.05) is 18.6 Å². The summed E-state index contributed by atoms with van der Waals surface area (Å²) in [5.74, 6) is 0.0133. The molecule has 3 nitrogen and oxygen atoms in total. The SMILES string of the molecule is Cc1ccc(C(=O)N2CCC(N)CC2C)c(Cl)c1. The lowest BCUT2D eigenvalue weighted by atomic mass is 9.98. The summed E-state index contributed by atoms with van der Waals surface area (Å²) in [7, 11) is 0. The number of nitrogens with two attached hydrogens (primary N) is 1. The Balaban J connectivity index is 2.20. The number of aryl methyl sites for hydroxylation is 1. The second kappa shape index (κ2) is 5.29. The maximum Gasteiger partial charge on any atom is 0.255 e. The summed E-state index contributed by atoms with van der Waals surface area (Å²) in [5, 5.41) is 0.530. The number of hydrogen-bond donors (Lipinski definition) is 1. The Kier molecular flexibility index (Phi) is 3.93. The molecule has 2 atom stereocenters. The minimum Gasteiger partial charge on any atom is -0.336 e. The average molecular weight is 267 g/mol. The van der Waals surface area contributed by atoms with Crippen LogP contribution in [-0.2, 0) is 0 Å². The van der Waals surface area contributed by atoms with E-state index in [1.165, 1.54) is 0 Å². The van der Waals surface area contributed by atoms with E-state index in [1.54, 1.807) is 6.07 Å². The Hall–Kier alpha value is -1.06. The van der Waals surface area contributed by atoms with E-state index in [0.29, 0.717) is 17.1 Å². The van der Waals surface area contributed by atoms with E-state index in [2.05, 4.69) is 0 Å². The minimum atomic E-state index is 0.0133. The van der Waals surface area contributed by atoms with Gasteiger partial charge in [-0.3, -0.25) is 4.79 Å². The maximum absolute atomic E-state index is 12.4. The number of hydrogen-bond acceptors (Lipinski definition) is 2. The number of carbonyl (C=O) groups is 1. The number of nitrogens with zero attached hydrogens (tertiary/aromatic N) is 1. The van der Waals surface area contributed by atoms with Crippen LogP contribution in [0.4, 0.5) is 0 Å². The molecular weight excluding hydrogens is 248 g/mol. The average Bonchev–Trinajstić information content (AvgIpc) is 2.28. The lowest BCUT2D eigenvalue weighted by Crippen LogP contribution is -2.48. The van der Waals surface area contributed by atoms with Crippen LogP contribution in [0.5, 0.6) is 0 Å². The van der Waals surface area contributed by atoms with Crippen LogP contribution in [0.25, 0.3) is 0 Å². The van der Waals surface area contributed by atoms with E-state index < -0.39 is 0 Å². The van der Waals surface area contributed by atoms with Gasteiger partial charge in [-0.2, -0.15) is 0 Å². The first-order chi connectivity index (χ1) is 8.49. The normalized spacial score (nSPS) is 24.1. The summed E-state index contributed by atoms with van der Waals surface area (Å²) in [6.07, 6.45) is 1.72. The van der Waals surface area contributed by atoms with Crippen molar-refractivity contribution in [2.24, 2.45) is 5.73 Å². The van der Waals surface area contributed by atoms with Gasteiger partial charge in [0.2, 0.25) is 0 Å². The minimum absolute atomic E-state index is 0.0133. The summed E-state index contributed by atoms with van der Waals surface area (Å²) in [6, 6.07) is 5.94. The van der Waals surface area contributed by atoms with Gasteiger partial charge in [0.25, 0.3) is 5.91 Å². The highest BCUT2D eigenvalue weighted by molar-refractivity contribution is 6.33. The molecule has 98 valence electrons. The molecule has 0 aromatic heterocycles. The molecule has 2 unspecified atom stereocenters. The van der Waals surface area contributed by atoms with Crippen molar-refractivity contribution in [3.63, 3.8) is 0 Å². The van der Waals surface area contributed by atoms with Gasteiger partial charge in [0.05, 0.1) is 10.6 Å². The predicted molar refractivity (Wildman–Crippen MR) is 73.9 cm³/mol. The number of benzene rings is 1. The van der Waals surface area contributed by atoms with Crippen molar-refractivity contribution in [2.75, 3.05) is 6.54 Å². The van der Waals surface area contributed by atoms with Crippen molar-refractivity contribution >= 4 is 17.5 Å². The molecule has 0 radical (unpaired) electrons. The molecule has 0 aliphatic carbocycles. The zero-order chi connectivity index (χ0) is 13.3. The molecule has 0 bridgehead atoms. The fourth-order valence-corrected chi connectivity index (χ4v) is 2.77. The topological polar surface area (TPSA) is 46.3 Å². The highest BCUT2D eigenvalue weighted by Crippen LogP contribution is 2.23. The Morgan fingerprint density at radius 1 is 1.50 bits per heavy atom. The van der Waals surface area contributed by atoms with Gasteiger partial charge >= 0.3 is 0 Å². The second-order valence-corrected chi connectivity index (χ2v) is 5.52. The number of piperidine rings is 1. The summed E-state index contributed by atoms with van der Waals surface area (Å²) in [5.41, 5.74) is 7.56. The van der Waals surface area contributed by atoms with Crippen LogP contribution in [0.1, 0.15) is 35.7 Å². The van der Waals surface area contributed by atoms with Crippen molar-refractivity contribution in [2.45, 2.75) is 38.8 Å². The maximum atomic E-state index is 12.4. The van der Waals surface area contributed by atoms with Crippen LogP contribution in [0.3, 0.4) is 0 Å². The molecule has 0 spiro atoms. The van der Waals surface area contributed by atoms with Crippen LogP contribution in [0.15, 0.2) is 18.2 Å². The first-order valence-electron chi connectivity index (χ1n) is 6.31. The third kappa shape index (κ3) is 2.68. The lowest BCUT2D eigenvalue weighted by molar-refractivity contribution is 0.0619. The molecule has 1 aliphatic heterocycles. The molecule has 1 amide bonds. The zero-order valence-corrected chi connectivity index (χ0v) is 11.6. The van der Waals surface area contributed by atoms with Crippen molar-refractivity contribution in [3.05, 3.63) is 34.3 Å². The van der Waals surface area contributed by atoms with Crippen molar-refractivity contribution in [3.8, 4) is 0 Å². The highest BCUT2D eigenvalue weighted by atomic mass is 35.5. The molecule has 1 aromatic rings. The number of halogens is 1. The van der Waals surface area contributed by atoms with Crippen molar-refractivity contribution in [1.29, 1.82) is 0 Å². The van der Waals surface area contributed by atoms with Crippen LogP contribution in [-0.4, -0.2) is 29.4 Å². The zero-order valence-electron chi connectivity index (χ0n) is 10.8. The standard InChI is InChI=1S/C14H19ClN2O/c1-9-3-4-12(13(15)7-9)14(18)17-6-5-11(16)8-10(17)2/h3-4,7,10-11H,5-6,8,16H2,1-2H3. The lowest BCUT2D eigenvalue weighted by Gasteiger charge is -2.36. The Morgan fingerprint density at radius 3 is 2.83 bits per heavy atom. The van der Waals surface area contributed by atoms with E-state index in [1.807, 2.05) is 30.9 Å². The fraction of sp³-hybridized carbons (Fsp3) is 0.500. The van der Waals surface area contributed by atoms with E-state index in [-0.39, 0.29) is 18.0 Å². The molecule has 2 rings (SSSR count). The quantitative estimate of drug-likeness (QED) is 0.849. The van der Waals surface area contributed by atoms with Gasteiger partial charge in [0.1, 0.15) is 0 Å². The third-order valence-corrected chi connectivity index (χ3v) is 3.85. The molecule has 1 fully saturated rings. The summed E-state index contributed by atoms with van der Waals surface area (Å²) >= 11 is 6.15. The number of carbonyl (C=O) groups excluding carboxylic acids is 1. The summed E-state index contributed by atoms with van der Waals surface area (Å²) < 4.78 is 0. The Morgan fingerprint density at radius 2 is 2.22 bits per heavy atom. The van der Waals surface area contributed by atoms with Crippen LogP contribution in [0, 0.1) is 6.92 Å². The number of rotatable bonds is 1. The molecule has 0 saturated carbocycles. The molecule has 4 heteroatoms. The third-order valence-electron chi connectivity index (χ3n) is 3.53. The van der Waals surface area contributed by atoms with Gasteiger partial charge in [-0.05, 0) is 44.4 Å². The monoisotopic (exact) mass is 266 g/mol. The first-order valence-corrected chi connectivity index (χ1v) is 6.69. The number of likely N-dealkylation sites (tertiary alicyclic amines) is 1. The summed E-state index contributed by atoms with van der Waals surface area (Å²) in [6.45, 7) is 4.72. The van der Waals surface area contributed by atoms with E-state index in [4.69, 9.17) is 17.3 Å². The second-order valence-electron chi connectivity index (χ2n) is 5.12. The summed E-state index contributed by atoms with van der Waals surface area (Å²) in [4.78, 5) is 14.3. The van der Waals surface area contributed by atoms with Gasteiger partial charge < -0.3 is 10.6 Å². The van der Waals surface area contributed by atoms with Gasteiger partial charge in [-0.25, -0.2) is 0 Å². The largest absolute Gasteiger partial charge is 0.336 e. The molecule has 1 heterocycles. The molecular formula is C14H19ClN2O. The van der Waals surface area contributed by atoms with Gasteiger partial charge in [-0.1, -0.05) is 17.7 Å². The van der Waals surface area contributed by atoms with E-state index in [0.717, 1.165) is 18.4 Å². The van der Waals surface area contributed by atoms with Crippen LogP contribution < -0.4 is 5.73 Å². The van der Waals surface area contributed by atoms with Crippen molar-refractivity contribution < 1.29 is 4.79 Å². The molecule has 1 aliphatic rings. The highest BCUT2D eigenvalue weighted by Gasteiger charge is 2.28. The Bertz CT molecular complexity index is 461. The number of amides is 1. The van der Waals surface area contributed by atoms with Crippen molar-refractivity contribution in [1.82, 2.24) is 4.90 Å². The molecule has 1 saturated heterocycles. The molecule has 1 aromatic carbocycles. The fourth-order valence-electron chi connectivity index (χ4n) is 2.46. The predicted octanol–water partition coefficient (Wildman–Crippen LogP) is 2.60.